The Morgan fingerprint density at radius 1 is 0.590 bits per heavy atom. The molecule has 29 nitrogen and oxygen atoms in total. The minimum atomic E-state index is -1.09. The van der Waals surface area contributed by atoms with E-state index in [1.807, 2.05) is 24.4 Å². The Morgan fingerprint density at radius 3 is 1.59 bits per heavy atom. The van der Waals surface area contributed by atoms with Crippen molar-refractivity contribution in [3.63, 3.8) is 0 Å². The van der Waals surface area contributed by atoms with Crippen LogP contribution in [-0.4, -0.2) is 247 Å². The van der Waals surface area contributed by atoms with E-state index in [4.69, 9.17) is 61.7 Å². The molecule has 3 aromatic heterocycles. The molecular formula is C54H76N10O19. The molecule has 6 heterocycles. The molecular weight excluding hydrogens is 1090 g/mol. The highest BCUT2D eigenvalue weighted by Crippen LogP contribution is 2.33. The molecule has 2 N–H and O–H groups in total. The Kier molecular flexibility index (Phi) is 27.9. The van der Waals surface area contributed by atoms with Gasteiger partial charge in [-0.05, 0) is 37.1 Å². The molecule has 0 unspecified atom stereocenters. The summed E-state index contributed by atoms with van der Waals surface area (Å²) in [4.78, 5) is 86.6. The molecule has 1 spiro atoms. The number of hydroxylamine groups is 2. The molecule has 0 atom stereocenters. The number of carbonyl (C=O) groups excluding carboxylic acids is 6. The van der Waals surface area contributed by atoms with E-state index in [9.17, 15) is 28.8 Å². The zero-order chi connectivity index (χ0) is 58.2. The number of rotatable bonds is 43. The summed E-state index contributed by atoms with van der Waals surface area (Å²) in [5, 5.41) is 14.9. The van der Waals surface area contributed by atoms with Crippen molar-refractivity contribution in [2.24, 2.45) is 0 Å². The number of fused-ring (bicyclic) bond motifs is 1. The van der Waals surface area contributed by atoms with Crippen LogP contribution in [0.4, 0.5) is 21.1 Å². The summed E-state index contributed by atoms with van der Waals surface area (Å²) in [5.41, 5.74) is 1.52. The Balaban J connectivity index is 0.569. The molecule has 1 aromatic carbocycles. The summed E-state index contributed by atoms with van der Waals surface area (Å²) < 4.78 is 69.5. The standard InChI is InChI=1S/C54H76N10O19/c65-48-7-8-49(66)64(48)83-50(67)9-17-71-19-21-73-23-25-75-27-29-77-31-33-79-35-37-81-39-40-82-38-36-80-34-32-78-30-28-76-26-24-74-22-20-72-18-16-61-42-45(58-59-61)43-3-1-4-44(41-43)56-52(69)60-13-10-54(11-14-60)51(68)63(53(70)57-54)47-6-2-5-46-55-12-15-62(46)47/h1-6,12,15,41-42H,7-11,13-14,16-40H2,(H,56,69)(H,57,70). The molecule has 0 aliphatic carbocycles. The van der Waals surface area contributed by atoms with Crippen LogP contribution >= 0.6 is 0 Å². The highest BCUT2D eigenvalue weighted by Gasteiger charge is 2.54. The van der Waals surface area contributed by atoms with Crippen molar-refractivity contribution in [1.29, 1.82) is 0 Å². The lowest BCUT2D eigenvalue weighted by Gasteiger charge is -2.37. The van der Waals surface area contributed by atoms with Gasteiger partial charge in [-0.1, -0.05) is 23.4 Å². The van der Waals surface area contributed by atoms with Crippen molar-refractivity contribution in [1.82, 2.24) is 39.7 Å². The van der Waals surface area contributed by atoms with Gasteiger partial charge in [0.05, 0.1) is 178 Å². The van der Waals surface area contributed by atoms with Gasteiger partial charge >= 0.3 is 18.0 Å². The van der Waals surface area contributed by atoms with E-state index < -0.39 is 29.4 Å². The van der Waals surface area contributed by atoms with E-state index in [2.05, 4.69) is 25.9 Å². The van der Waals surface area contributed by atoms with E-state index in [1.54, 1.807) is 50.6 Å². The summed E-state index contributed by atoms with van der Waals surface area (Å²) in [6.45, 7) is 10.8. The van der Waals surface area contributed by atoms with Gasteiger partial charge in [-0.2, -0.15) is 0 Å². The van der Waals surface area contributed by atoms with Gasteiger partial charge in [-0.25, -0.2) is 28.9 Å². The highest BCUT2D eigenvalue weighted by molar-refractivity contribution is 6.23. The van der Waals surface area contributed by atoms with Gasteiger partial charge < -0.3 is 77.2 Å². The van der Waals surface area contributed by atoms with Gasteiger partial charge in [-0.3, -0.25) is 18.8 Å². The number of aromatic nitrogens is 5. The SMILES string of the molecule is O=C(CCOCCOCCOCCOCCOCCOCCOCCOCCOCCOCCOCCOCCn1cc(-c2cccc(NC(=O)N3CCC4(CC3)NC(=O)N(c3cccc5nccn35)C4=O)c2)nn1)ON1C(=O)CCC1=O. The van der Waals surface area contributed by atoms with Crippen LogP contribution in [-0.2, 0) is 87.4 Å². The smallest absolute Gasteiger partial charge is 0.335 e. The molecule has 0 radical (unpaired) electrons. The average Bonchev–Trinajstić information content (AvgIpc) is 2.17. The number of likely N-dealkylation sites (tertiary alicyclic amines) is 1. The largest absolute Gasteiger partial charge is 0.378 e. The number of pyridine rings is 1. The third kappa shape index (κ3) is 21.5. The predicted octanol–water partition coefficient (Wildman–Crippen LogP) is 1.91. The number of piperidine rings is 1. The van der Waals surface area contributed by atoms with Crippen LogP contribution in [0.25, 0.3) is 16.9 Å². The number of amides is 7. The fourth-order valence-electron chi connectivity index (χ4n) is 8.51. The van der Waals surface area contributed by atoms with Crippen molar-refractivity contribution in [3.8, 4) is 11.3 Å². The molecule has 7 amide bonds. The maximum absolute atomic E-state index is 13.7. The van der Waals surface area contributed by atoms with Crippen LogP contribution in [0.15, 0.2) is 61.1 Å². The van der Waals surface area contributed by atoms with Crippen LogP contribution in [0.3, 0.4) is 0 Å². The second-order valence-electron chi connectivity index (χ2n) is 18.7. The summed E-state index contributed by atoms with van der Waals surface area (Å²) in [7, 11) is 0. The van der Waals surface area contributed by atoms with Crippen LogP contribution in [0.1, 0.15) is 32.1 Å². The maximum atomic E-state index is 13.7. The number of anilines is 2. The number of imide groups is 2. The van der Waals surface area contributed by atoms with Crippen LogP contribution in [0, 0.1) is 0 Å². The minimum Gasteiger partial charge on any atom is -0.378 e. The molecule has 7 rings (SSSR count). The molecule has 456 valence electrons. The first-order valence-electron chi connectivity index (χ1n) is 27.9. The van der Waals surface area contributed by atoms with Gasteiger partial charge in [0.25, 0.3) is 17.7 Å². The Hall–Kier alpha value is -6.61. The number of benzene rings is 1. The lowest BCUT2D eigenvalue weighted by molar-refractivity contribution is -0.198. The van der Waals surface area contributed by atoms with Gasteiger partial charge in [0, 0.05) is 49.6 Å². The van der Waals surface area contributed by atoms with E-state index in [-0.39, 0.29) is 70.3 Å². The predicted molar refractivity (Wildman–Crippen MR) is 291 cm³/mol. The maximum Gasteiger partial charge on any atom is 0.335 e. The number of imidazole rings is 1. The second kappa shape index (κ2) is 36.2. The second-order valence-corrected chi connectivity index (χ2v) is 18.7. The first-order chi connectivity index (χ1) is 40.7. The molecule has 3 fully saturated rings. The number of nitrogens with one attached hydrogen (secondary N) is 2. The number of hydrogen-bond acceptors (Lipinski definition) is 22. The summed E-state index contributed by atoms with van der Waals surface area (Å²) in [6, 6.07) is 11.8. The Bertz CT molecular complexity index is 2600. The topological polar surface area (TPSA) is 304 Å². The zero-order valence-electron chi connectivity index (χ0n) is 46.7. The van der Waals surface area contributed by atoms with Gasteiger partial charge in [0.1, 0.15) is 22.7 Å². The van der Waals surface area contributed by atoms with Crippen LogP contribution < -0.4 is 15.5 Å². The van der Waals surface area contributed by atoms with Gasteiger partial charge in [-0.15, -0.1) is 10.2 Å². The fraction of sp³-hybridized carbons (Fsp3) is 0.611. The number of urea groups is 2. The van der Waals surface area contributed by atoms with Gasteiger partial charge in [0.15, 0.2) is 0 Å². The summed E-state index contributed by atoms with van der Waals surface area (Å²) >= 11 is 0. The molecule has 4 aromatic rings. The summed E-state index contributed by atoms with van der Waals surface area (Å²) in [6.07, 6.45) is 5.69. The summed E-state index contributed by atoms with van der Waals surface area (Å²) in [5.74, 6) is -1.67. The quantitative estimate of drug-likeness (QED) is 0.0363. The Labute approximate surface area is 480 Å². The monoisotopic (exact) mass is 1170 g/mol. The average molecular weight is 1170 g/mol. The molecule has 0 saturated carbocycles. The van der Waals surface area contributed by atoms with E-state index in [1.165, 1.54) is 0 Å². The normalized spacial score (nSPS) is 15.2. The third-order valence-corrected chi connectivity index (χ3v) is 12.9. The van der Waals surface area contributed by atoms with Crippen LogP contribution in [0.5, 0.6) is 0 Å². The number of carbonyl (C=O) groups is 6. The minimum absolute atomic E-state index is 0.0489. The fourth-order valence-corrected chi connectivity index (χ4v) is 8.51. The van der Waals surface area contributed by atoms with Crippen molar-refractivity contribution < 1.29 is 90.4 Å². The van der Waals surface area contributed by atoms with E-state index in [0.29, 0.717) is 180 Å². The van der Waals surface area contributed by atoms with Gasteiger partial charge in [0.2, 0.25) is 0 Å². The first-order valence-corrected chi connectivity index (χ1v) is 27.9. The molecule has 3 saturated heterocycles. The highest BCUT2D eigenvalue weighted by atomic mass is 16.7. The first kappa shape index (κ1) is 64.0. The lowest BCUT2D eigenvalue weighted by atomic mass is 9.87. The van der Waals surface area contributed by atoms with E-state index >= 15 is 0 Å². The molecule has 0 bridgehead atoms. The number of hydrogen-bond donors (Lipinski definition) is 2. The third-order valence-electron chi connectivity index (χ3n) is 12.9. The Morgan fingerprint density at radius 2 is 1.07 bits per heavy atom. The molecule has 29 heteroatoms. The number of nitrogens with zero attached hydrogens (tertiary/aromatic N) is 8. The van der Waals surface area contributed by atoms with Crippen molar-refractivity contribution in [2.75, 3.05) is 182 Å². The van der Waals surface area contributed by atoms with Crippen LogP contribution in [0.2, 0.25) is 0 Å². The lowest BCUT2D eigenvalue weighted by Crippen LogP contribution is -2.56. The number of ether oxygens (including phenoxy) is 12. The van der Waals surface area contributed by atoms with Crippen molar-refractivity contribution >= 4 is 52.9 Å². The zero-order valence-corrected chi connectivity index (χ0v) is 46.7. The van der Waals surface area contributed by atoms with Crippen molar-refractivity contribution in [2.45, 2.75) is 44.2 Å². The molecule has 3 aliphatic heterocycles. The van der Waals surface area contributed by atoms with E-state index in [0.717, 1.165) is 10.5 Å². The molecule has 83 heavy (non-hydrogen) atoms. The molecule has 3 aliphatic rings. The van der Waals surface area contributed by atoms with Crippen molar-refractivity contribution in [3.05, 3.63) is 61.1 Å².